The maximum absolute atomic E-state index is 13.4. The van der Waals surface area contributed by atoms with E-state index in [1.54, 1.807) is 0 Å². The van der Waals surface area contributed by atoms with Crippen LogP contribution in [0.25, 0.3) is 0 Å². The molecule has 3 fully saturated rings. The van der Waals surface area contributed by atoms with Crippen molar-refractivity contribution < 1.29 is 32.2 Å². The number of carbonyl (C=O) groups excluding carboxylic acids is 2. The van der Waals surface area contributed by atoms with Crippen molar-refractivity contribution >= 4 is 11.9 Å². The van der Waals surface area contributed by atoms with Gasteiger partial charge in [0.05, 0.1) is 19.1 Å². The molecule has 3 rings (SSSR count). The molecule has 33 heavy (non-hydrogen) atoms. The van der Waals surface area contributed by atoms with Gasteiger partial charge in [-0.05, 0) is 46.3 Å². The van der Waals surface area contributed by atoms with Crippen molar-refractivity contribution in [2.24, 2.45) is 11.8 Å². The molecule has 1 spiro atoms. The van der Waals surface area contributed by atoms with E-state index < -0.39 is 36.2 Å². The van der Waals surface area contributed by atoms with Crippen molar-refractivity contribution in [3.63, 3.8) is 0 Å². The van der Waals surface area contributed by atoms with Gasteiger partial charge in [0.1, 0.15) is 0 Å². The van der Waals surface area contributed by atoms with Crippen LogP contribution in [0.5, 0.6) is 0 Å². The van der Waals surface area contributed by atoms with E-state index in [1.165, 1.54) is 0 Å². The number of rotatable bonds is 7. The van der Waals surface area contributed by atoms with Crippen LogP contribution in [0.4, 0.5) is 18.0 Å². The normalized spacial score (nSPS) is 27.5. The topological polar surface area (TPSA) is 74.4 Å². The molecule has 0 aromatic heterocycles. The van der Waals surface area contributed by atoms with Crippen LogP contribution in [0.3, 0.4) is 0 Å². The van der Waals surface area contributed by atoms with Gasteiger partial charge in [0, 0.05) is 51.5 Å². The van der Waals surface area contributed by atoms with Crippen LogP contribution >= 0.6 is 0 Å². The molecule has 1 aliphatic carbocycles. The summed E-state index contributed by atoms with van der Waals surface area (Å²) in [6, 6.07) is -0.323. The number of imide groups is 1. The van der Waals surface area contributed by atoms with Gasteiger partial charge in [-0.25, -0.2) is 4.79 Å². The Hall–Kier alpha value is -1.43. The number of piperidine rings is 1. The summed E-state index contributed by atoms with van der Waals surface area (Å²) in [6.07, 6.45) is -2.69. The molecule has 3 amide bonds. The first-order valence-electron chi connectivity index (χ1n) is 11.8. The molecular formula is C22H37F3N4O4. The molecule has 0 aromatic rings. The number of nitrogens with zero attached hydrogens (tertiary/aromatic N) is 3. The van der Waals surface area contributed by atoms with Crippen molar-refractivity contribution in [1.29, 1.82) is 0 Å². The highest BCUT2D eigenvalue weighted by Crippen LogP contribution is 2.45. The van der Waals surface area contributed by atoms with Crippen LogP contribution < -0.4 is 5.32 Å². The van der Waals surface area contributed by atoms with Crippen LogP contribution in [0.15, 0.2) is 0 Å². The SMILES string of the molecule is CN(C)CCNC(=O)N(CCCC(F)(F)F)C(=O)[C@@H]1C[C@@H]2CC3(CC[C@H]2N(C)C1)OCCO3. The largest absolute Gasteiger partial charge is 0.389 e. The molecule has 2 saturated heterocycles. The van der Waals surface area contributed by atoms with Gasteiger partial charge < -0.3 is 24.6 Å². The Kier molecular flexibility index (Phi) is 8.63. The lowest BCUT2D eigenvalue weighted by atomic mass is 9.72. The van der Waals surface area contributed by atoms with Gasteiger partial charge in [0.2, 0.25) is 5.91 Å². The number of alkyl halides is 3. The second kappa shape index (κ2) is 10.9. The Morgan fingerprint density at radius 3 is 2.52 bits per heavy atom. The summed E-state index contributed by atoms with van der Waals surface area (Å²) >= 11 is 0. The number of hydrogen-bond acceptors (Lipinski definition) is 6. The molecule has 3 atom stereocenters. The average Bonchev–Trinajstić information content (AvgIpc) is 3.16. The lowest BCUT2D eigenvalue weighted by Gasteiger charge is -2.49. The summed E-state index contributed by atoms with van der Waals surface area (Å²) in [5.41, 5.74) is 0. The van der Waals surface area contributed by atoms with E-state index in [0.717, 1.165) is 17.7 Å². The molecule has 1 N–H and O–H groups in total. The van der Waals surface area contributed by atoms with Gasteiger partial charge in [0.15, 0.2) is 5.79 Å². The number of urea groups is 1. The molecule has 1 saturated carbocycles. The monoisotopic (exact) mass is 478 g/mol. The lowest BCUT2D eigenvalue weighted by Crippen LogP contribution is -2.57. The molecule has 2 heterocycles. The minimum Gasteiger partial charge on any atom is -0.348 e. The van der Waals surface area contributed by atoms with Gasteiger partial charge in [-0.15, -0.1) is 0 Å². The highest BCUT2D eigenvalue weighted by atomic mass is 19.4. The quantitative estimate of drug-likeness (QED) is 0.605. The number of likely N-dealkylation sites (N-methyl/N-ethyl adjacent to an activating group) is 1. The van der Waals surface area contributed by atoms with Crippen molar-refractivity contribution in [2.45, 2.75) is 56.5 Å². The van der Waals surface area contributed by atoms with E-state index in [1.807, 2.05) is 26.0 Å². The zero-order valence-corrected chi connectivity index (χ0v) is 19.8. The fourth-order valence-corrected chi connectivity index (χ4v) is 5.37. The molecule has 2 aliphatic heterocycles. The third kappa shape index (κ3) is 7.03. The maximum atomic E-state index is 13.4. The minimum absolute atomic E-state index is 0.165. The number of nitrogens with one attached hydrogen (secondary N) is 1. The molecular weight excluding hydrogens is 441 g/mol. The molecule has 8 nitrogen and oxygen atoms in total. The zero-order valence-electron chi connectivity index (χ0n) is 19.8. The van der Waals surface area contributed by atoms with Gasteiger partial charge in [-0.2, -0.15) is 13.2 Å². The predicted molar refractivity (Wildman–Crippen MR) is 115 cm³/mol. The highest BCUT2D eigenvalue weighted by Gasteiger charge is 2.49. The summed E-state index contributed by atoms with van der Waals surface area (Å²) < 4.78 is 49.9. The molecule has 190 valence electrons. The van der Waals surface area contributed by atoms with Crippen molar-refractivity contribution in [3.05, 3.63) is 0 Å². The number of amides is 3. The third-order valence-corrected chi connectivity index (χ3v) is 6.95. The molecule has 0 radical (unpaired) electrons. The Bertz CT molecular complexity index is 685. The van der Waals surface area contributed by atoms with E-state index in [0.29, 0.717) is 51.7 Å². The van der Waals surface area contributed by atoms with Gasteiger partial charge in [0.25, 0.3) is 0 Å². The average molecular weight is 479 g/mol. The molecule has 0 aromatic carbocycles. The number of ether oxygens (including phenoxy) is 2. The molecule has 0 unspecified atom stereocenters. The van der Waals surface area contributed by atoms with Gasteiger partial charge in [-0.3, -0.25) is 9.69 Å². The number of hydrogen-bond donors (Lipinski definition) is 1. The Morgan fingerprint density at radius 2 is 1.88 bits per heavy atom. The van der Waals surface area contributed by atoms with E-state index in [-0.39, 0.29) is 18.9 Å². The van der Waals surface area contributed by atoms with Crippen LogP contribution in [0.2, 0.25) is 0 Å². The summed E-state index contributed by atoms with van der Waals surface area (Å²) in [5, 5.41) is 2.68. The van der Waals surface area contributed by atoms with E-state index in [2.05, 4.69) is 10.2 Å². The van der Waals surface area contributed by atoms with E-state index in [4.69, 9.17) is 9.47 Å². The Balaban J connectivity index is 1.67. The number of carbonyl (C=O) groups is 2. The number of likely N-dealkylation sites (tertiary alicyclic amines) is 1. The van der Waals surface area contributed by atoms with Crippen LogP contribution in [-0.4, -0.2) is 105 Å². The van der Waals surface area contributed by atoms with Crippen LogP contribution in [0.1, 0.15) is 38.5 Å². The third-order valence-electron chi connectivity index (χ3n) is 6.95. The summed E-state index contributed by atoms with van der Waals surface area (Å²) in [4.78, 5) is 31.2. The van der Waals surface area contributed by atoms with Crippen molar-refractivity contribution in [1.82, 2.24) is 20.0 Å². The highest BCUT2D eigenvalue weighted by molar-refractivity contribution is 5.95. The zero-order chi connectivity index (χ0) is 24.2. The van der Waals surface area contributed by atoms with Crippen molar-refractivity contribution in [3.8, 4) is 0 Å². The first-order valence-corrected chi connectivity index (χ1v) is 11.8. The minimum atomic E-state index is -4.33. The maximum Gasteiger partial charge on any atom is 0.389 e. The van der Waals surface area contributed by atoms with E-state index in [9.17, 15) is 22.8 Å². The van der Waals surface area contributed by atoms with Crippen LogP contribution in [-0.2, 0) is 14.3 Å². The lowest BCUT2D eigenvalue weighted by molar-refractivity contribution is -0.202. The summed E-state index contributed by atoms with van der Waals surface area (Å²) in [7, 11) is 5.67. The van der Waals surface area contributed by atoms with Crippen molar-refractivity contribution in [2.75, 3.05) is 60.5 Å². The standard InChI is InChI=1S/C22H37F3N4O4/c1-27(2)10-8-26-20(31)29(9-4-6-22(23,24)25)19(30)17-13-16-14-21(32-11-12-33-21)7-5-18(16)28(3)15-17/h16-18H,4-15H2,1-3H3,(H,26,31)/t16-,17-,18-/m1/s1. The second-order valence-electron chi connectivity index (χ2n) is 9.79. The number of fused-ring (bicyclic) bond motifs is 1. The van der Waals surface area contributed by atoms with Gasteiger partial charge in [-0.1, -0.05) is 0 Å². The predicted octanol–water partition coefficient (Wildman–Crippen LogP) is 2.29. The van der Waals surface area contributed by atoms with Crippen LogP contribution in [0, 0.1) is 11.8 Å². The summed E-state index contributed by atoms with van der Waals surface area (Å²) in [6.45, 7) is 2.23. The fraction of sp³-hybridized carbons (Fsp3) is 0.909. The fourth-order valence-electron chi connectivity index (χ4n) is 5.37. The van der Waals surface area contributed by atoms with E-state index >= 15 is 0 Å². The molecule has 11 heteroatoms. The smallest absolute Gasteiger partial charge is 0.348 e. The molecule has 0 bridgehead atoms. The Labute approximate surface area is 193 Å². The van der Waals surface area contributed by atoms with Gasteiger partial charge >= 0.3 is 12.2 Å². The summed E-state index contributed by atoms with van der Waals surface area (Å²) in [5.74, 6) is -1.28. The first kappa shape index (κ1) is 26.2. The second-order valence-corrected chi connectivity index (χ2v) is 9.79. The molecule has 3 aliphatic rings. The number of halogens is 3. The first-order chi connectivity index (χ1) is 15.5. The Morgan fingerprint density at radius 1 is 1.18 bits per heavy atom.